The van der Waals surface area contributed by atoms with Gasteiger partial charge in [0.25, 0.3) is 0 Å². The Labute approximate surface area is 118 Å². The van der Waals surface area contributed by atoms with Crippen LogP contribution in [-0.4, -0.2) is 16.3 Å². The molecule has 0 radical (unpaired) electrons. The lowest BCUT2D eigenvalue weighted by atomic mass is 10.2. The van der Waals surface area contributed by atoms with E-state index in [1.807, 2.05) is 41.8 Å². The van der Waals surface area contributed by atoms with E-state index in [-0.39, 0.29) is 12.0 Å². The van der Waals surface area contributed by atoms with Gasteiger partial charge < -0.3 is 14.4 Å². The summed E-state index contributed by atoms with van der Waals surface area (Å²) in [4.78, 5) is 11.9. The Hall–Kier alpha value is -2.07. The molecule has 1 N–H and O–H groups in total. The maximum Gasteiger partial charge on any atom is 0.223 e. The Balaban J connectivity index is 2.16. The van der Waals surface area contributed by atoms with E-state index in [1.165, 1.54) is 6.07 Å². The van der Waals surface area contributed by atoms with Crippen LogP contribution < -0.4 is 10.2 Å². The highest BCUT2D eigenvalue weighted by Crippen LogP contribution is 2.14. The van der Waals surface area contributed by atoms with Gasteiger partial charge in [0.05, 0.1) is 5.69 Å². The van der Waals surface area contributed by atoms with Crippen LogP contribution in [0.1, 0.15) is 17.7 Å². The summed E-state index contributed by atoms with van der Waals surface area (Å²) in [5.41, 5.74) is 1.71. The normalized spacial score (nSPS) is 10.5. The third kappa shape index (κ3) is 3.48. The molecule has 4 heteroatoms. The summed E-state index contributed by atoms with van der Waals surface area (Å²) in [6.45, 7) is 3.04. The van der Waals surface area contributed by atoms with E-state index < -0.39 is 0 Å². The molecule has 0 unspecified atom stereocenters. The van der Waals surface area contributed by atoms with Gasteiger partial charge in [-0.15, -0.1) is 0 Å². The fourth-order valence-corrected chi connectivity index (χ4v) is 2.04. The topological polar surface area (TPSA) is 51.5 Å². The fourth-order valence-electron chi connectivity index (χ4n) is 2.04. The molecule has 1 aromatic heterocycles. The molecule has 0 aliphatic heterocycles. The van der Waals surface area contributed by atoms with Crippen molar-refractivity contribution in [2.75, 3.05) is 6.61 Å². The van der Waals surface area contributed by atoms with Gasteiger partial charge in [-0.2, -0.15) is 0 Å². The first-order valence-electron chi connectivity index (χ1n) is 6.70. The lowest BCUT2D eigenvalue weighted by Crippen LogP contribution is -2.15. The van der Waals surface area contributed by atoms with E-state index in [0.29, 0.717) is 25.3 Å². The molecule has 106 valence electrons. The van der Waals surface area contributed by atoms with Crippen molar-refractivity contribution in [3.63, 3.8) is 0 Å². The molecule has 0 saturated heterocycles. The Bertz CT molecular complexity index is 605. The number of hydrogen-bond donors (Lipinski definition) is 1. The standard InChI is InChI=1S/C16H19NO3/c1-13-16(20-12-14-6-3-2-4-7-14)15(19)8-10-17(13)9-5-11-18/h2-4,6-8,10,18H,5,9,11-12H2,1H3. The third-order valence-corrected chi connectivity index (χ3v) is 3.17. The van der Waals surface area contributed by atoms with E-state index >= 15 is 0 Å². The number of pyridine rings is 1. The van der Waals surface area contributed by atoms with Crippen molar-refractivity contribution >= 4 is 0 Å². The zero-order valence-electron chi connectivity index (χ0n) is 11.6. The summed E-state index contributed by atoms with van der Waals surface area (Å²) in [6, 6.07) is 11.3. The molecule has 0 bridgehead atoms. The van der Waals surface area contributed by atoms with Crippen molar-refractivity contribution in [1.29, 1.82) is 0 Å². The SMILES string of the molecule is Cc1c(OCc2ccccc2)c(=O)ccn1CCCO. The van der Waals surface area contributed by atoms with Crippen molar-refractivity contribution in [1.82, 2.24) is 4.57 Å². The van der Waals surface area contributed by atoms with E-state index in [4.69, 9.17) is 9.84 Å². The lowest BCUT2D eigenvalue weighted by Gasteiger charge is -2.14. The molecule has 20 heavy (non-hydrogen) atoms. The van der Waals surface area contributed by atoms with Crippen LogP contribution >= 0.6 is 0 Å². The number of benzene rings is 1. The monoisotopic (exact) mass is 273 g/mol. The molecular formula is C16H19NO3. The Morgan fingerprint density at radius 3 is 2.65 bits per heavy atom. The minimum atomic E-state index is -0.112. The predicted octanol–water partition coefficient (Wildman–Crippen LogP) is 2.12. The molecule has 1 heterocycles. The second-order valence-corrected chi connectivity index (χ2v) is 4.64. The van der Waals surface area contributed by atoms with Gasteiger partial charge >= 0.3 is 0 Å². The molecule has 2 aromatic rings. The molecule has 0 aliphatic rings. The van der Waals surface area contributed by atoms with Crippen LogP contribution in [0.25, 0.3) is 0 Å². The summed E-state index contributed by atoms with van der Waals surface area (Å²) >= 11 is 0. The largest absolute Gasteiger partial charge is 0.483 e. The average molecular weight is 273 g/mol. The van der Waals surface area contributed by atoms with Crippen molar-refractivity contribution in [2.24, 2.45) is 0 Å². The van der Waals surface area contributed by atoms with Gasteiger partial charge in [-0.25, -0.2) is 0 Å². The minimum Gasteiger partial charge on any atom is -0.483 e. The van der Waals surface area contributed by atoms with Crippen LogP contribution in [0.15, 0.2) is 47.4 Å². The lowest BCUT2D eigenvalue weighted by molar-refractivity contribution is 0.275. The van der Waals surface area contributed by atoms with Crippen LogP contribution in [-0.2, 0) is 13.2 Å². The average Bonchev–Trinajstić information content (AvgIpc) is 2.47. The highest BCUT2D eigenvalue weighted by Gasteiger charge is 2.08. The fraction of sp³-hybridized carbons (Fsp3) is 0.312. The quantitative estimate of drug-likeness (QED) is 0.877. The number of hydrogen-bond acceptors (Lipinski definition) is 3. The molecular weight excluding hydrogens is 254 g/mol. The van der Waals surface area contributed by atoms with Crippen molar-refractivity contribution in [3.05, 3.63) is 64.1 Å². The van der Waals surface area contributed by atoms with E-state index in [2.05, 4.69) is 0 Å². The smallest absolute Gasteiger partial charge is 0.223 e. The maximum absolute atomic E-state index is 11.9. The van der Waals surface area contributed by atoms with Gasteiger partial charge in [0.15, 0.2) is 5.75 Å². The molecule has 0 aliphatic carbocycles. The maximum atomic E-state index is 11.9. The molecule has 0 saturated carbocycles. The molecule has 1 aromatic carbocycles. The van der Waals surface area contributed by atoms with E-state index in [1.54, 1.807) is 6.20 Å². The van der Waals surface area contributed by atoms with Gasteiger partial charge in [-0.05, 0) is 18.9 Å². The zero-order chi connectivity index (χ0) is 14.4. The molecule has 2 rings (SSSR count). The summed E-state index contributed by atoms with van der Waals surface area (Å²) in [6.07, 6.45) is 2.39. The van der Waals surface area contributed by atoms with Crippen LogP contribution in [0.2, 0.25) is 0 Å². The zero-order valence-corrected chi connectivity index (χ0v) is 11.6. The number of nitrogens with zero attached hydrogens (tertiary/aromatic N) is 1. The number of ether oxygens (including phenoxy) is 1. The predicted molar refractivity (Wildman–Crippen MR) is 77.9 cm³/mol. The summed E-state index contributed by atoms with van der Waals surface area (Å²) < 4.78 is 7.61. The minimum absolute atomic E-state index is 0.112. The van der Waals surface area contributed by atoms with E-state index in [9.17, 15) is 4.79 Å². The van der Waals surface area contributed by atoms with Gasteiger partial charge in [-0.1, -0.05) is 30.3 Å². The first-order chi connectivity index (χ1) is 9.72. The molecule has 0 spiro atoms. The number of aromatic nitrogens is 1. The third-order valence-electron chi connectivity index (χ3n) is 3.17. The number of aliphatic hydroxyl groups is 1. The molecule has 0 atom stereocenters. The summed E-state index contributed by atoms with van der Waals surface area (Å²) in [5, 5.41) is 8.89. The van der Waals surface area contributed by atoms with Crippen LogP contribution in [0.3, 0.4) is 0 Å². The second-order valence-electron chi connectivity index (χ2n) is 4.64. The number of aliphatic hydroxyl groups excluding tert-OH is 1. The van der Waals surface area contributed by atoms with Gasteiger partial charge in [0, 0.05) is 25.4 Å². The summed E-state index contributed by atoms with van der Waals surface area (Å²) in [7, 11) is 0. The number of rotatable bonds is 6. The van der Waals surface area contributed by atoms with Crippen molar-refractivity contribution in [3.8, 4) is 5.75 Å². The Morgan fingerprint density at radius 1 is 1.20 bits per heavy atom. The van der Waals surface area contributed by atoms with Crippen LogP contribution in [0, 0.1) is 6.92 Å². The van der Waals surface area contributed by atoms with Crippen LogP contribution in [0.4, 0.5) is 0 Å². The van der Waals surface area contributed by atoms with Crippen LogP contribution in [0.5, 0.6) is 5.75 Å². The molecule has 0 fully saturated rings. The van der Waals surface area contributed by atoms with Gasteiger partial charge in [-0.3, -0.25) is 4.79 Å². The van der Waals surface area contributed by atoms with Crippen molar-refractivity contribution in [2.45, 2.75) is 26.5 Å². The Morgan fingerprint density at radius 2 is 1.95 bits per heavy atom. The highest BCUT2D eigenvalue weighted by atomic mass is 16.5. The summed E-state index contributed by atoms with van der Waals surface area (Å²) in [5.74, 6) is 0.384. The first kappa shape index (κ1) is 14.3. The second kappa shape index (κ2) is 6.91. The van der Waals surface area contributed by atoms with Crippen molar-refractivity contribution < 1.29 is 9.84 Å². The highest BCUT2D eigenvalue weighted by molar-refractivity contribution is 5.27. The number of aryl methyl sites for hydroxylation is 1. The molecule has 4 nitrogen and oxygen atoms in total. The molecule has 0 amide bonds. The van der Waals surface area contributed by atoms with E-state index in [0.717, 1.165) is 11.3 Å². The van der Waals surface area contributed by atoms with Gasteiger partial charge in [0.2, 0.25) is 5.43 Å². The van der Waals surface area contributed by atoms with Gasteiger partial charge in [0.1, 0.15) is 6.61 Å². The Kier molecular flexibility index (Phi) is 4.96. The first-order valence-corrected chi connectivity index (χ1v) is 6.70.